The molecule has 0 bridgehead atoms. The summed E-state index contributed by atoms with van der Waals surface area (Å²) in [6.07, 6.45) is 1.60. The maximum Gasteiger partial charge on any atom is 0.146 e. The molecule has 2 N–H and O–H groups in total. The van der Waals surface area contributed by atoms with Crippen LogP contribution < -0.4 is 5.43 Å². The number of phenols is 1. The summed E-state index contributed by atoms with van der Waals surface area (Å²) in [6, 6.07) is 20.8. The Hall–Kier alpha value is -3.47. The summed E-state index contributed by atoms with van der Waals surface area (Å²) in [7, 11) is 0. The molecule has 0 aliphatic heterocycles. The number of aromatic hydroxyl groups is 1. The Labute approximate surface area is 138 Å². The maximum absolute atomic E-state index is 9.87. The summed E-state index contributed by atoms with van der Waals surface area (Å²) < 4.78 is 0. The number of hydrogen-bond donors (Lipinski definition) is 2. The van der Waals surface area contributed by atoms with Crippen LogP contribution in [0.15, 0.2) is 71.8 Å². The maximum atomic E-state index is 9.87. The molecule has 0 fully saturated rings. The van der Waals surface area contributed by atoms with Gasteiger partial charge in [-0.1, -0.05) is 36.4 Å². The van der Waals surface area contributed by atoms with Crippen molar-refractivity contribution in [2.45, 2.75) is 0 Å². The van der Waals surface area contributed by atoms with Gasteiger partial charge in [-0.2, -0.15) is 5.10 Å². The van der Waals surface area contributed by atoms with Crippen LogP contribution in [0, 0.1) is 0 Å². The first-order valence-corrected chi connectivity index (χ1v) is 7.53. The van der Waals surface area contributed by atoms with E-state index in [2.05, 4.69) is 20.5 Å². The lowest BCUT2D eigenvalue weighted by Gasteiger charge is -2.02. The smallest absolute Gasteiger partial charge is 0.146 e. The molecule has 4 aromatic rings. The largest absolute Gasteiger partial charge is 0.506 e. The molecule has 24 heavy (non-hydrogen) atoms. The van der Waals surface area contributed by atoms with Crippen LogP contribution in [0.5, 0.6) is 5.75 Å². The molecule has 0 radical (unpaired) electrons. The van der Waals surface area contributed by atoms with E-state index in [1.807, 2.05) is 54.6 Å². The van der Waals surface area contributed by atoms with Gasteiger partial charge in [0.25, 0.3) is 0 Å². The molecule has 2 aromatic carbocycles. The van der Waals surface area contributed by atoms with Crippen molar-refractivity contribution in [2.75, 3.05) is 5.43 Å². The number of para-hydroxylation sites is 2. The van der Waals surface area contributed by atoms with Crippen molar-refractivity contribution in [3.8, 4) is 5.75 Å². The summed E-state index contributed by atoms with van der Waals surface area (Å²) in [4.78, 5) is 8.88. The number of benzene rings is 2. The van der Waals surface area contributed by atoms with Crippen LogP contribution in [0.1, 0.15) is 5.69 Å². The van der Waals surface area contributed by atoms with Gasteiger partial charge >= 0.3 is 0 Å². The summed E-state index contributed by atoms with van der Waals surface area (Å²) in [5, 5.41) is 16.0. The number of phenolic OH excluding ortho intramolecular Hbond substituents is 1. The quantitative estimate of drug-likeness (QED) is 0.444. The Balaban J connectivity index is 1.57. The second-order valence-corrected chi connectivity index (χ2v) is 5.34. The summed E-state index contributed by atoms with van der Waals surface area (Å²) in [5.74, 6) is 0.820. The van der Waals surface area contributed by atoms with E-state index < -0.39 is 0 Å². The first-order chi connectivity index (χ1) is 11.8. The molecule has 4 rings (SSSR count). The summed E-state index contributed by atoms with van der Waals surface area (Å²) in [6.45, 7) is 0. The third kappa shape index (κ3) is 2.75. The molecule has 0 aliphatic rings. The van der Waals surface area contributed by atoms with Crippen molar-refractivity contribution < 1.29 is 5.11 Å². The minimum atomic E-state index is 0.159. The fourth-order valence-corrected chi connectivity index (χ4v) is 2.51. The lowest BCUT2D eigenvalue weighted by Crippen LogP contribution is -1.95. The fourth-order valence-electron chi connectivity index (χ4n) is 2.51. The first-order valence-electron chi connectivity index (χ1n) is 7.53. The van der Waals surface area contributed by atoms with E-state index in [-0.39, 0.29) is 5.75 Å². The standard InChI is InChI=1S/C19H14N4O/c24-17-7-3-5-14-8-10-15(21-19(14)17)12-20-23-18-11-9-13-4-1-2-6-16(13)22-18/h1-12,24H,(H,22,23)/b20-12-. The molecular formula is C19H14N4O. The van der Waals surface area contributed by atoms with Crippen LogP contribution >= 0.6 is 0 Å². The highest BCUT2D eigenvalue weighted by atomic mass is 16.3. The predicted octanol–water partition coefficient (Wildman–Crippen LogP) is 3.93. The van der Waals surface area contributed by atoms with Crippen molar-refractivity contribution in [3.05, 3.63) is 72.4 Å². The second-order valence-electron chi connectivity index (χ2n) is 5.34. The van der Waals surface area contributed by atoms with Crippen molar-refractivity contribution in [3.63, 3.8) is 0 Å². The van der Waals surface area contributed by atoms with Gasteiger partial charge in [-0.05, 0) is 30.3 Å². The van der Waals surface area contributed by atoms with E-state index in [9.17, 15) is 5.11 Å². The average Bonchev–Trinajstić information content (AvgIpc) is 2.62. The van der Waals surface area contributed by atoms with Crippen LogP contribution in [0.2, 0.25) is 0 Å². The third-order valence-electron chi connectivity index (χ3n) is 3.69. The monoisotopic (exact) mass is 314 g/mol. The number of hydrazone groups is 1. The molecule has 0 spiro atoms. The Morgan fingerprint density at radius 2 is 1.67 bits per heavy atom. The molecule has 116 valence electrons. The molecule has 0 amide bonds. The van der Waals surface area contributed by atoms with Crippen LogP contribution in [0.25, 0.3) is 21.8 Å². The van der Waals surface area contributed by atoms with Crippen LogP contribution in [0.3, 0.4) is 0 Å². The normalized spacial score (nSPS) is 11.3. The highest BCUT2D eigenvalue weighted by molar-refractivity contribution is 5.88. The number of rotatable bonds is 3. The van der Waals surface area contributed by atoms with E-state index in [1.54, 1.807) is 18.3 Å². The van der Waals surface area contributed by atoms with Crippen LogP contribution in [-0.4, -0.2) is 21.3 Å². The number of nitrogens with zero attached hydrogens (tertiary/aromatic N) is 3. The van der Waals surface area contributed by atoms with Gasteiger partial charge in [-0.15, -0.1) is 0 Å². The van der Waals surface area contributed by atoms with Crippen LogP contribution in [0.4, 0.5) is 5.82 Å². The zero-order chi connectivity index (χ0) is 16.4. The molecule has 0 aliphatic carbocycles. The molecule has 0 atom stereocenters. The lowest BCUT2D eigenvalue weighted by molar-refractivity contribution is 0.480. The number of fused-ring (bicyclic) bond motifs is 2. The van der Waals surface area contributed by atoms with Gasteiger partial charge in [0, 0.05) is 10.8 Å². The number of anilines is 1. The zero-order valence-corrected chi connectivity index (χ0v) is 12.7. The van der Waals surface area contributed by atoms with E-state index in [0.29, 0.717) is 17.0 Å². The molecule has 2 aromatic heterocycles. The number of nitrogens with one attached hydrogen (secondary N) is 1. The highest BCUT2D eigenvalue weighted by Gasteiger charge is 2.01. The van der Waals surface area contributed by atoms with E-state index in [1.165, 1.54) is 0 Å². The van der Waals surface area contributed by atoms with Gasteiger partial charge in [0.1, 0.15) is 17.1 Å². The Kier molecular flexibility index (Phi) is 3.51. The molecule has 2 heterocycles. The van der Waals surface area contributed by atoms with E-state index in [4.69, 9.17) is 0 Å². The van der Waals surface area contributed by atoms with Gasteiger partial charge in [0.05, 0.1) is 17.4 Å². The van der Waals surface area contributed by atoms with Gasteiger partial charge in [0.2, 0.25) is 0 Å². The molecule has 0 unspecified atom stereocenters. The molecule has 0 saturated heterocycles. The Bertz CT molecular complexity index is 1060. The zero-order valence-electron chi connectivity index (χ0n) is 12.7. The van der Waals surface area contributed by atoms with Gasteiger partial charge in [-0.25, -0.2) is 9.97 Å². The topological polar surface area (TPSA) is 70.4 Å². The average molecular weight is 314 g/mol. The Morgan fingerprint density at radius 1 is 0.833 bits per heavy atom. The summed E-state index contributed by atoms with van der Waals surface area (Å²) in [5.41, 5.74) is 5.02. The molecule has 5 nitrogen and oxygen atoms in total. The van der Waals surface area contributed by atoms with Crippen LogP contribution in [-0.2, 0) is 0 Å². The fraction of sp³-hybridized carbons (Fsp3) is 0. The molecule has 5 heteroatoms. The number of pyridine rings is 2. The van der Waals surface area contributed by atoms with E-state index >= 15 is 0 Å². The van der Waals surface area contributed by atoms with Crippen molar-refractivity contribution in [1.82, 2.24) is 9.97 Å². The SMILES string of the molecule is Oc1cccc2ccc(/C=N\Nc3ccc4ccccc4n3)nc12. The van der Waals surface area contributed by atoms with Gasteiger partial charge < -0.3 is 5.11 Å². The van der Waals surface area contributed by atoms with Crippen molar-refractivity contribution >= 4 is 33.8 Å². The minimum absolute atomic E-state index is 0.159. The van der Waals surface area contributed by atoms with Gasteiger partial charge in [-0.3, -0.25) is 5.43 Å². The number of aromatic nitrogens is 2. The first kappa shape index (κ1) is 14.1. The summed E-state index contributed by atoms with van der Waals surface area (Å²) >= 11 is 0. The van der Waals surface area contributed by atoms with E-state index in [0.717, 1.165) is 16.3 Å². The van der Waals surface area contributed by atoms with Crippen molar-refractivity contribution in [2.24, 2.45) is 5.10 Å². The predicted molar refractivity (Wildman–Crippen MR) is 96.4 cm³/mol. The van der Waals surface area contributed by atoms with Gasteiger partial charge in [0.15, 0.2) is 0 Å². The lowest BCUT2D eigenvalue weighted by atomic mass is 10.2. The van der Waals surface area contributed by atoms with Crippen molar-refractivity contribution in [1.29, 1.82) is 0 Å². The number of hydrogen-bond acceptors (Lipinski definition) is 5. The third-order valence-corrected chi connectivity index (χ3v) is 3.69. The second kappa shape index (κ2) is 5.96. The highest BCUT2D eigenvalue weighted by Crippen LogP contribution is 2.22. The minimum Gasteiger partial charge on any atom is -0.506 e. The Morgan fingerprint density at radius 3 is 2.62 bits per heavy atom. The molecule has 0 saturated carbocycles. The molecular weight excluding hydrogens is 300 g/mol.